The quantitative estimate of drug-likeness (QED) is 0.501. The lowest BCUT2D eigenvalue weighted by Gasteiger charge is -2.06. The number of Topliss-reactive ketones (excluding diaryl/α,β-unsaturated/α-hetero) is 2. The first-order valence-electron chi connectivity index (χ1n) is 4.62. The zero-order valence-electron chi connectivity index (χ0n) is 8.66. The largest absolute Gasteiger partial charge is 0.299 e. The van der Waals surface area contributed by atoms with Gasteiger partial charge in [-0.2, -0.15) is 0 Å². The first-order chi connectivity index (χ1) is 6.41. The van der Waals surface area contributed by atoms with Crippen molar-refractivity contribution in [3.8, 4) is 0 Å². The summed E-state index contributed by atoms with van der Waals surface area (Å²) < 4.78 is 0. The molecule has 1 saturated carbocycles. The van der Waals surface area contributed by atoms with Crippen molar-refractivity contribution in [2.24, 2.45) is 11.3 Å². The Hall–Kier alpha value is -1.25. The second-order valence-corrected chi connectivity index (χ2v) is 3.86. The van der Waals surface area contributed by atoms with Crippen LogP contribution in [-0.4, -0.2) is 17.3 Å². The molecule has 0 bridgehead atoms. The molecule has 1 unspecified atom stereocenters. The molecule has 0 heterocycles. The zero-order valence-corrected chi connectivity index (χ0v) is 8.66. The van der Waals surface area contributed by atoms with E-state index in [1.807, 2.05) is 0 Å². The molecule has 0 aromatic carbocycles. The van der Waals surface area contributed by atoms with Crippen LogP contribution in [0.1, 0.15) is 27.2 Å². The average Bonchev–Trinajstić information content (AvgIpc) is 2.75. The van der Waals surface area contributed by atoms with Crippen LogP contribution < -0.4 is 0 Å². The molecule has 3 heteroatoms. The van der Waals surface area contributed by atoms with Crippen molar-refractivity contribution in [2.75, 3.05) is 0 Å². The van der Waals surface area contributed by atoms with Crippen LogP contribution >= 0.6 is 0 Å². The van der Waals surface area contributed by atoms with E-state index in [2.05, 4.69) is 0 Å². The monoisotopic (exact) mass is 194 g/mol. The number of rotatable bonds is 4. The molecule has 0 aromatic rings. The molecule has 1 rings (SSSR count). The Kier molecular flexibility index (Phi) is 2.69. The number of allylic oxidation sites excluding steroid dienone is 2. The van der Waals surface area contributed by atoms with Crippen LogP contribution in [0.4, 0.5) is 0 Å². The van der Waals surface area contributed by atoms with Crippen molar-refractivity contribution in [2.45, 2.75) is 27.2 Å². The highest BCUT2D eigenvalue weighted by molar-refractivity contribution is 6.09. The third-order valence-corrected chi connectivity index (χ3v) is 2.83. The second-order valence-electron chi connectivity index (χ2n) is 3.86. The summed E-state index contributed by atoms with van der Waals surface area (Å²) in [6.45, 7) is 4.31. The first kappa shape index (κ1) is 10.8. The summed E-state index contributed by atoms with van der Waals surface area (Å²) in [5, 5.41) is 0. The lowest BCUT2D eigenvalue weighted by atomic mass is 9.94. The fourth-order valence-electron chi connectivity index (χ4n) is 1.83. The van der Waals surface area contributed by atoms with Crippen molar-refractivity contribution < 1.29 is 14.4 Å². The van der Waals surface area contributed by atoms with Gasteiger partial charge in [0, 0.05) is 0 Å². The minimum atomic E-state index is -0.814. The lowest BCUT2D eigenvalue weighted by molar-refractivity contribution is -0.132. The van der Waals surface area contributed by atoms with E-state index in [0.717, 1.165) is 0 Å². The Balaban J connectivity index is 2.77. The van der Waals surface area contributed by atoms with Crippen LogP contribution in [0.3, 0.4) is 0 Å². The number of ketones is 3. The molecular formula is C11H14O3. The summed E-state index contributed by atoms with van der Waals surface area (Å²) >= 11 is 0. The molecular weight excluding hydrogens is 180 g/mol. The Labute approximate surface area is 83.2 Å². The molecule has 1 aliphatic carbocycles. The van der Waals surface area contributed by atoms with Gasteiger partial charge in [-0.3, -0.25) is 14.4 Å². The molecule has 1 fully saturated rings. The summed E-state index contributed by atoms with van der Waals surface area (Å²) in [6.07, 6.45) is 3.66. The minimum absolute atomic E-state index is 0.0575. The van der Waals surface area contributed by atoms with E-state index >= 15 is 0 Å². The van der Waals surface area contributed by atoms with Gasteiger partial charge >= 0.3 is 0 Å². The van der Waals surface area contributed by atoms with Gasteiger partial charge in [-0.25, -0.2) is 0 Å². The van der Waals surface area contributed by atoms with Crippen molar-refractivity contribution in [3.05, 3.63) is 12.2 Å². The lowest BCUT2D eigenvalue weighted by Crippen LogP contribution is -2.23. The maximum absolute atomic E-state index is 11.3. The predicted octanol–water partition coefficient (Wildman–Crippen LogP) is 1.32. The summed E-state index contributed by atoms with van der Waals surface area (Å²) in [7, 11) is 0. The highest BCUT2D eigenvalue weighted by Gasteiger charge is 2.60. The fourth-order valence-corrected chi connectivity index (χ4v) is 1.83. The van der Waals surface area contributed by atoms with Gasteiger partial charge in [0.2, 0.25) is 0 Å². The minimum Gasteiger partial charge on any atom is -0.299 e. The Morgan fingerprint density at radius 1 is 1.14 bits per heavy atom. The first-order valence-corrected chi connectivity index (χ1v) is 4.62. The van der Waals surface area contributed by atoms with Gasteiger partial charge in [0.25, 0.3) is 0 Å². The number of hydrogen-bond donors (Lipinski definition) is 0. The predicted molar refractivity (Wildman–Crippen MR) is 51.7 cm³/mol. The summed E-state index contributed by atoms with van der Waals surface area (Å²) in [6, 6.07) is 0. The summed E-state index contributed by atoms with van der Waals surface area (Å²) in [5.74, 6) is -0.314. The van der Waals surface area contributed by atoms with E-state index in [1.165, 1.54) is 26.8 Å². The van der Waals surface area contributed by atoms with Gasteiger partial charge in [-0.1, -0.05) is 6.08 Å². The number of carbonyl (C=O) groups is 3. The van der Waals surface area contributed by atoms with Gasteiger partial charge in [0.15, 0.2) is 5.78 Å². The van der Waals surface area contributed by atoms with Crippen LogP contribution in [0.15, 0.2) is 12.2 Å². The molecule has 1 aliphatic rings. The average molecular weight is 194 g/mol. The van der Waals surface area contributed by atoms with E-state index in [-0.39, 0.29) is 23.3 Å². The molecule has 0 radical (unpaired) electrons. The molecule has 0 amide bonds. The van der Waals surface area contributed by atoms with Gasteiger partial charge < -0.3 is 0 Å². The topological polar surface area (TPSA) is 51.2 Å². The Morgan fingerprint density at radius 2 is 1.64 bits per heavy atom. The Bertz CT molecular complexity index is 311. The van der Waals surface area contributed by atoms with E-state index in [1.54, 1.807) is 6.08 Å². The molecule has 0 aliphatic heterocycles. The van der Waals surface area contributed by atoms with E-state index < -0.39 is 5.41 Å². The molecule has 0 spiro atoms. The normalized spacial score (nSPS) is 23.5. The maximum Gasteiger partial charge on any atom is 0.152 e. The van der Waals surface area contributed by atoms with Gasteiger partial charge in [0.1, 0.15) is 11.6 Å². The molecule has 76 valence electrons. The molecule has 0 N–H and O–H groups in total. The number of carbonyl (C=O) groups excluding carboxylic acids is 3. The van der Waals surface area contributed by atoms with E-state index in [4.69, 9.17) is 0 Å². The number of hydrogen-bond acceptors (Lipinski definition) is 3. The molecule has 0 saturated heterocycles. The van der Waals surface area contributed by atoms with E-state index in [9.17, 15) is 14.4 Å². The third kappa shape index (κ3) is 1.67. The van der Waals surface area contributed by atoms with Gasteiger partial charge in [-0.05, 0) is 39.2 Å². The second kappa shape index (κ2) is 3.48. The summed E-state index contributed by atoms with van der Waals surface area (Å²) in [4.78, 5) is 33.2. The molecule has 3 nitrogen and oxygen atoms in total. The van der Waals surface area contributed by atoms with Gasteiger partial charge in [0.05, 0.1) is 5.41 Å². The Morgan fingerprint density at radius 3 is 1.93 bits per heavy atom. The van der Waals surface area contributed by atoms with Crippen LogP contribution in [0, 0.1) is 11.3 Å². The molecule has 0 aromatic heterocycles. The van der Waals surface area contributed by atoms with Gasteiger partial charge in [-0.15, -0.1) is 0 Å². The van der Waals surface area contributed by atoms with Crippen LogP contribution in [0.5, 0.6) is 0 Å². The molecule has 14 heavy (non-hydrogen) atoms. The van der Waals surface area contributed by atoms with Crippen molar-refractivity contribution in [1.82, 2.24) is 0 Å². The van der Waals surface area contributed by atoms with E-state index in [0.29, 0.717) is 6.42 Å². The standard InChI is InChI=1S/C11H14O3/c1-7(12)4-5-10-6-11(10,8(2)13)9(3)14/h4-5,10H,6H2,1-3H3/b5-4+. The smallest absolute Gasteiger partial charge is 0.152 e. The third-order valence-electron chi connectivity index (χ3n) is 2.83. The SMILES string of the molecule is CC(=O)/C=C/C1CC1(C(C)=O)C(C)=O. The van der Waals surface area contributed by atoms with Crippen LogP contribution in [0.2, 0.25) is 0 Å². The van der Waals surface area contributed by atoms with Crippen molar-refractivity contribution >= 4 is 17.3 Å². The highest BCUT2D eigenvalue weighted by atomic mass is 16.2. The fraction of sp³-hybridized carbons (Fsp3) is 0.545. The zero-order chi connectivity index (χ0) is 10.9. The highest BCUT2D eigenvalue weighted by Crippen LogP contribution is 2.54. The van der Waals surface area contributed by atoms with Crippen LogP contribution in [-0.2, 0) is 14.4 Å². The maximum atomic E-state index is 11.3. The molecule has 1 atom stereocenters. The van der Waals surface area contributed by atoms with Crippen molar-refractivity contribution in [1.29, 1.82) is 0 Å². The van der Waals surface area contributed by atoms with Crippen LogP contribution in [0.25, 0.3) is 0 Å². The van der Waals surface area contributed by atoms with Crippen molar-refractivity contribution in [3.63, 3.8) is 0 Å². The summed E-state index contributed by atoms with van der Waals surface area (Å²) in [5.41, 5.74) is -0.814.